The fraction of sp³-hybridized carbons (Fsp3) is 0.0500. The maximum absolute atomic E-state index is 14.0. The highest BCUT2D eigenvalue weighted by atomic mass is 35.5. The van der Waals surface area contributed by atoms with Crippen LogP contribution < -0.4 is 5.32 Å². The third-order valence-electron chi connectivity index (χ3n) is 3.96. The lowest BCUT2D eigenvalue weighted by Crippen LogP contribution is -2.30. The van der Waals surface area contributed by atoms with Gasteiger partial charge in [0.15, 0.2) is 0 Å². The Morgan fingerprint density at radius 1 is 1.07 bits per heavy atom. The Morgan fingerprint density at radius 2 is 1.86 bits per heavy atom. The van der Waals surface area contributed by atoms with E-state index >= 15 is 0 Å². The zero-order valence-corrected chi connectivity index (χ0v) is 15.6. The number of rotatable bonds is 4. The summed E-state index contributed by atoms with van der Waals surface area (Å²) in [6.45, 7) is 0. The number of carbonyl (C=O) groups excluding carboxylic acids is 1. The van der Waals surface area contributed by atoms with Gasteiger partial charge in [-0.1, -0.05) is 29.3 Å². The number of carbonyl (C=O) groups is 1. The monoisotopic (exact) mass is 417 g/mol. The molecule has 0 saturated carbocycles. The molecular formula is C20H11Cl2F2N3O. The van der Waals surface area contributed by atoms with Crippen LogP contribution in [0.4, 0.5) is 8.78 Å². The van der Waals surface area contributed by atoms with Crippen molar-refractivity contribution in [1.82, 2.24) is 10.3 Å². The number of nitrogens with one attached hydrogen (secondary N) is 1. The van der Waals surface area contributed by atoms with Crippen molar-refractivity contribution in [1.29, 1.82) is 5.26 Å². The molecule has 1 amide bonds. The quantitative estimate of drug-likeness (QED) is 0.645. The van der Waals surface area contributed by atoms with Crippen molar-refractivity contribution < 1.29 is 13.6 Å². The van der Waals surface area contributed by atoms with Crippen LogP contribution in [0.3, 0.4) is 0 Å². The van der Waals surface area contributed by atoms with Gasteiger partial charge in [0.25, 0.3) is 5.91 Å². The van der Waals surface area contributed by atoms with Gasteiger partial charge in [-0.2, -0.15) is 5.26 Å². The predicted octanol–water partition coefficient (Wildman–Crippen LogP) is 5.06. The van der Waals surface area contributed by atoms with E-state index in [9.17, 15) is 13.6 Å². The minimum Gasteiger partial charge on any atom is -0.339 e. The Labute approximate surface area is 169 Å². The first-order valence-corrected chi connectivity index (χ1v) is 8.72. The van der Waals surface area contributed by atoms with Gasteiger partial charge in [0.05, 0.1) is 27.3 Å². The molecule has 0 saturated heterocycles. The molecule has 0 aliphatic heterocycles. The number of benzene rings is 2. The minimum atomic E-state index is -0.910. The van der Waals surface area contributed by atoms with Gasteiger partial charge in [-0.25, -0.2) is 8.78 Å². The molecule has 0 fully saturated rings. The van der Waals surface area contributed by atoms with Crippen LogP contribution in [0.15, 0.2) is 54.7 Å². The van der Waals surface area contributed by atoms with Crippen LogP contribution in [0.5, 0.6) is 0 Å². The summed E-state index contributed by atoms with van der Waals surface area (Å²) in [5, 5.41) is 11.7. The van der Waals surface area contributed by atoms with Crippen LogP contribution in [0.1, 0.15) is 33.2 Å². The zero-order valence-electron chi connectivity index (χ0n) is 14.1. The van der Waals surface area contributed by atoms with Crippen molar-refractivity contribution in [3.05, 3.63) is 98.8 Å². The number of hydrogen-bond acceptors (Lipinski definition) is 3. The summed E-state index contributed by atoms with van der Waals surface area (Å²) in [5.74, 6) is -2.14. The predicted molar refractivity (Wildman–Crippen MR) is 101 cm³/mol. The molecule has 140 valence electrons. The van der Waals surface area contributed by atoms with Gasteiger partial charge >= 0.3 is 0 Å². The maximum atomic E-state index is 14.0. The minimum absolute atomic E-state index is 0.0111. The fourth-order valence-corrected chi connectivity index (χ4v) is 2.92. The molecule has 28 heavy (non-hydrogen) atoms. The lowest BCUT2D eigenvalue weighted by Gasteiger charge is -2.20. The standard InChI is InChI=1S/C20H11Cl2F2N3O/c21-14-6-5-11(8-17(14)24)18(19-15(22)2-1-7-26-19)27-20(28)12-3-4-13(10-25)16(23)9-12/h1-9,18H,(H,27,28)/t18-/m0/s1. The summed E-state index contributed by atoms with van der Waals surface area (Å²) in [6, 6.07) is 11.5. The second-order valence-electron chi connectivity index (χ2n) is 5.76. The molecule has 1 N–H and O–H groups in total. The van der Waals surface area contributed by atoms with Crippen molar-refractivity contribution in [3.8, 4) is 6.07 Å². The van der Waals surface area contributed by atoms with Crippen LogP contribution in [0.25, 0.3) is 0 Å². The van der Waals surface area contributed by atoms with Crippen LogP contribution >= 0.6 is 23.2 Å². The van der Waals surface area contributed by atoms with Crippen molar-refractivity contribution in [2.75, 3.05) is 0 Å². The molecule has 0 aliphatic rings. The fourth-order valence-electron chi connectivity index (χ4n) is 2.57. The van der Waals surface area contributed by atoms with Crippen LogP contribution in [-0.4, -0.2) is 10.9 Å². The molecular weight excluding hydrogens is 407 g/mol. The summed E-state index contributed by atoms with van der Waals surface area (Å²) in [6.07, 6.45) is 1.48. The highest BCUT2D eigenvalue weighted by molar-refractivity contribution is 6.31. The largest absolute Gasteiger partial charge is 0.339 e. The lowest BCUT2D eigenvalue weighted by atomic mass is 10.0. The van der Waals surface area contributed by atoms with Crippen molar-refractivity contribution in [2.45, 2.75) is 6.04 Å². The molecule has 0 radical (unpaired) electrons. The first-order valence-electron chi connectivity index (χ1n) is 7.96. The molecule has 0 unspecified atom stereocenters. The van der Waals surface area contributed by atoms with Crippen molar-refractivity contribution in [2.24, 2.45) is 0 Å². The van der Waals surface area contributed by atoms with E-state index in [2.05, 4.69) is 10.3 Å². The Hall–Kier alpha value is -3.01. The van der Waals surface area contributed by atoms with E-state index in [0.717, 1.165) is 12.1 Å². The van der Waals surface area contributed by atoms with Gasteiger partial charge in [-0.05, 0) is 48.0 Å². The van der Waals surface area contributed by atoms with Gasteiger partial charge in [0.2, 0.25) is 0 Å². The molecule has 3 aromatic rings. The molecule has 0 aliphatic carbocycles. The Kier molecular flexibility index (Phi) is 5.88. The van der Waals surface area contributed by atoms with E-state index in [1.807, 2.05) is 0 Å². The summed E-state index contributed by atoms with van der Waals surface area (Å²) in [5.41, 5.74) is 0.446. The zero-order chi connectivity index (χ0) is 20.3. The number of amides is 1. The average molecular weight is 418 g/mol. The summed E-state index contributed by atoms with van der Waals surface area (Å²) in [7, 11) is 0. The first kappa shape index (κ1) is 19.7. The van der Waals surface area contributed by atoms with E-state index in [1.54, 1.807) is 18.2 Å². The highest BCUT2D eigenvalue weighted by Gasteiger charge is 2.23. The molecule has 1 heterocycles. The van der Waals surface area contributed by atoms with E-state index in [1.165, 1.54) is 30.5 Å². The molecule has 3 rings (SSSR count). The van der Waals surface area contributed by atoms with E-state index in [-0.39, 0.29) is 26.9 Å². The number of nitrogens with zero attached hydrogens (tertiary/aromatic N) is 2. The Balaban J connectivity index is 2.01. The van der Waals surface area contributed by atoms with Crippen LogP contribution in [0.2, 0.25) is 10.0 Å². The van der Waals surface area contributed by atoms with Crippen molar-refractivity contribution >= 4 is 29.1 Å². The molecule has 8 heteroatoms. The Bertz CT molecular complexity index is 1100. The van der Waals surface area contributed by atoms with Gasteiger partial charge in [0, 0.05) is 11.8 Å². The van der Waals surface area contributed by atoms with Gasteiger partial charge in [0.1, 0.15) is 17.7 Å². The number of nitriles is 1. The SMILES string of the molecule is N#Cc1ccc(C(=O)N[C@@H](c2ccc(Cl)c(F)c2)c2ncccc2Cl)cc1F. The normalized spacial score (nSPS) is 11.5. The molecule has 1 atom stereocenters. The first-order chi connectivity index (χ1) is 13.4. The summed E-state index contributed by atoms with van der Waals surface area (Å²) < 4.78 is 27.8. The van der Waals surface area contributed by atoms with Crippen LogP contribution in [-0.2, 0) is 0 Å². The second kappa shape index (κ2) is 8.34. The second-order valence-corrected chi connectivity index (χ2v) is 6.57. The number of pyridine rings is 1. The smallest absolute Gasteiger partial charge is 0.252 e. The molecule has 0 bridgehead atoms. The molecule has 1 aromatic heterocycles. The van der Waals surface area contributed by atoms with Crippen LogP contribution in [0, 0.1) is 23.0 Å². The number of hydrogen-bond donors (Lipinski definition) is 1. The average Bonchev–Trinajstić information content (AvgIpc) is 2.68. The Morgan fingerprint density at radius 3 is 2.50 bits per heavy atom. The molecule has 0 spiro atoms. The summed E-state index contributed by atoms with van der Waals surface area (Å²) in [4.78, 5) is 16.8. The lowest BCUT2D eigenvalue weighted by molar-refractivity contribution is 0.0941. The van der Waals surface area contributed by atoms with E-state index < -0.39 is 23.6 Å². The van der Waals surface area contributed by atoms with Crippen molar-refractivity contribution in [3.63, 3.8) is 0 Å². The third kappa shape index (κ3) is 4.11. The highest BCUT2D eigenvalue weighted by Crippen LogP contribution is 2.29. The third-order valence-corrected chi connectivity index (χ3v) is 4.59. The molecule has 4 nitrogen and oxygen atoms in total. The van der Waals surface area contributed by atoms with Gasteiger partial charge in [-0.3, -0.25) is 9.78 Å². The number of halogens is 4. The summed E-state index contributed by atoms with van der Waals surface area (Å²) >= 11 is 11.9. The number of aromatic nitrogens is 1. The van der Waals surface area contributed by atoms with E-state index in [0.29, 0.717) is 5.56 Å². The molecule has 2 aromatic carbocycles. The maximum Gasteiger partial charge on any atom is 0.252 e. The van der Waals surface area contributed by atoms with Gasteiger partial charge < -0.3 is 5.32 Å². The van der Waals surface area contributed by atoms with Gasteiger partial charge in [-0.15, -0.1) is 0 Å². The van der Waals surface area contributed by atoms with E-state index in [4.69, 9.17) is 28.5 Å². The topological polar surface area (TPSA) is 65.8 Å².